The maximum atomic E-state index is 13.1. The zero-order valence-corrected chi connectivity index (χ0v) is 13.2. The van der Waals surface area contributed by atoms with Crippen LogP contribution in [0.25, 0.3) is 0 Å². The molecule has 0 spiro atoms. The summed E-state index contributed by atoms with van der Waals surface area (Å²) in [5.41, 5.74) is 1.97. The van der Waals surface area contributed by atoms with Gasteiger partial charge in [-0.25, -0.2) is 8.78 Å². The molecule has 0 bridgehead atoms. The second kappa shape index (κ2) is 8.88. The number of aryl methyl sites for hydroxylation is 1. The van der Waals surface area contributed by atoms with Crippen LogP contribution in [0.2, 0.25) is 0 Å². The molecule has 0 heterocycles. The van der Waals surface area contributed by atoms with Crippen LogP contribution in [0, 0.1) is 11.6 Å². The molecule has 0 atom stereocenters. The minimum atomic E-state index is -0.242. The zero-order chi connectivity index (χ0) is 16.5. The average molecular weight is 317 g/mol. The summed E-state index contributed by atoms with van der Waals surface area (Å²) in [6, 6.07) is 13.0. The van der Waals surface area contributed by atoms with E-state index < -0.39 is 0 Å². The highest BCUT2D eigenvalue weighted by molar-refractivity contribution is 5.79. The fraction of sp³-hybridized carbons (Fsp3) is 0.278. The van der Waals surface area contributed by atoms with Crippen molar-refractivity contribution in [3.63, 3.8) is 0 Å². The molecule has 2 N–H and O–H groups in total. The number of hydrogen-bond donors (Lipinski definition) is 2. The van der Waals surface area contributed by atoms with Crippen LogP contribution in [0.4, 0.5) is 8.78 Å². The molecular weight excluding hydrogens is 296 g/mol. The van der Waals surface area contributed by atoms with Crippen LogP contribution in [0.15, 0.2) is 53.5 Å². The van der Waals surface area contributed by atoms with Gasteiger partial charge in [-0.05, 0) is 48.2 Å². The fourth-order valence-electron chi connectivity index (χ4n) is 2.20. The first kappa shape index (κ1) is 16.9. The van der Waals surface area contributed by atoms with E-state index >= 15 is 0 Å². The molecule has 122 valence electrons. The molecule has 0 unspecified atom stereocenters. The standard InChI is InChI=1S/C18H21F2N3/c1-21-18(23-13-15-7-9-16(19)10-8-15)22-11-3-5-14-4-2-6-17(20)12-14/h2,4,6-10,12H,3,5,11,13H2,1H3,(H2,21,22,23). The third-order valence-corrected chi connectivity index (χ3v) is 3.42. The lowest BCUT2D eigenvalue weighted by atomic mass is 10.1. The van der Waals surface area contributed by atoms with Gasteiger partial charge < -0.3 is 10.6 Å². The summed E-state index contributed by atoms with van der Waals surface area (Å²) in [6.07, 6.45) is 1.68. The highest BCUT2D eigenvalue weighted by Gasteiger charge is 2.00. The maximum absolute atomic E-state index is 13.1. The van der Waals surface area contributed by atoms with Gasteiger partial charge in [0.05, 0.1) is 0 Å². The van der Waals surface area contributed by atoms with Crippen molar-refractivity contribution in [2.24, 2.45) is 4.99 Å². The summed E-state index contributed by atoms with van der Waals surface area (Å²) in [5, 5.41) is 6.38. The molecule has 0 aliphatic carbocycles. The molecule has 2 rings (SSSR count). The summed E-state index contributed by atoms with van der Waals surface area (Å²) in [5.74, 6) is 0.245. The van der Waals surface area contributed by atoms with Crippen molar-refractivity contribution >= 4 is 5.96 Å². The van der Waals surface area contributed by atoms with E-state index in [0.29, 0.717) is 12.5 Å². The molecule has 0 amide bonds. The van der Waals surface area contributed by atoms with Crippen molar-refractivity contribution in [2.45, 2.75) is 19.4 Å². The lowest BCUT2D eigenvalue weighted by Crippen LogP contribution is -2.37. The Labute approximate surface area is 135 Å². The molecule has 3 nitrogen and oxygen atoms in total. The van der Waals surface area contributed by atoms with Crippen molar-refractivity contribution in [1.82, 2.24) is 10.6 Å². The fourth-order valence-corrected chi connectivity index (χ4v) is 2.20. The van der Waals surface area contributed by atoms with Crippen LogP contribution >= 0.6 is 0 Å². The van der Waals surface area contributed by atoms with E-state index in [-0.39, 0.29) is 11.6 Å². The lowest BCUT2D eigenvalue weighted by Gasteiger charge is -2.12. The molecule has 0 aliphatic rings. The summed E-state index contributed by atoms with van der Waals surface area (Å²) in [6.45, 7) is 1.31. The van der Waals surface area contributed by atoms with Crippen LogP contribution in [0.3, 0.4) is 0 Å². The second-order valence-electron chi connectivity index (χ2n) is 5.21. The molecule has 2 aromatic carbocycles. The number of nitrogens with zero attached hydrogens (tertiary/aromatic N) is 1. The van der Waals surface area contributed by atoms with Crippen molar-refractivity contribution < 1.29 is 8.78 Å². The lowest BCUT2D eigenvalue weighted by molar-refractivity contribution is 0.623. The molecule has 0 radical (unpaired) electrons. The minimum Gasteiger partial charge on any atom is -0.356 e. The predicted molar refractivity (Wildman–Crippen MR) is 89.3 cm³/mol. The monoisotopic (exact) mass is 317 g/mol. The molecule has 0 aromatic heterocycles. The second-order valence-corrected chi connectivity index (χ2v) is 5.21. The van der Waals surface area contributed by atoms with Crippen LogP contribution in [0.5, 0.6) is 0 Å². The smallest absolute Gasteiger partial charge is 0.191 e. The van der Waals surface area contributed by atoms with E-state index in [2.05, 4.69) is 15.6 Å². The first-order chi connectivity index (χ1) is 11.2. The third-order valence-electron chi connectivity index (χ3n) is 3.42. The van der Waals surface area contributed by atoms with Gasteiger partial charge in [0, 0.05) is 20.1 Å². The van der Waals surface area contributed by atoms with Gasteiger partial charge in [0.1, 0.15) is 11.6 Å². The third kappa shape index (κ3) is 6.06. The Morgan fingerprint density at radius 2 is 1.74 bits per heavy atom. The van der Waals surface area contributed by atoms with Gasteiger partial charge >= 0.3 is 0 Å². The van der Waals surface area contributed by atoms with E-state index in [1.165, 1.54) is 18.2 Å². The predicted octanol–water partition coefficient (Wildman–Crippen LogP) is 3.26. The van der Waals surface area contributed by atoms with E-state index in [0.717, 1.165) is 30.5 Å². The molecule has 5 heteroatoms. The first-order valence-electron chi connectivity index (χ1n) is 7.61. The summed E-state index contributed by atoms with van der Waals surface area (Å²) < 4.78 is 25.9. The van der Waals surface area contributed by atoms with Crippen molar-refractivity contribution in [1.29, 1.82) is 0 Å². The Hall–Kier alpha value is -2.43. The van der Waals surface area contributed by atoms with Crippen molar-refractivity contribution in [3.8, 4) is 0 Å². The van der Waals surface area contributed by atoms with Crippen LogP contribution < -0.4 is 10.6 Å². The molecule has 2 aromatic rings. The summed E-state index contributed by atoms with van der Waals surface area (Å²) in [7, 11) is 1.70. The van der Waals surface area contributed by atoms with Gasteiger partial charge in [-0.1, -0.05) is 24.3 Å². The zero-order valence-electron chi connectivity index (χ0n) is 13.2. The Morgan fingerprint density at radius 1 is 0.957 bits per heavy atom. The minimum absolute atomic E-state index is 0.202. The number of aliphatic imine (C=N–C) groups is 1. The average Bonchev–Trinajstić information content (AvgIpc) is 2.56. The van der Waals surface area contributed by atoms with E-state index in [4.69, 9.17) is 0 Å². The molecule has 0 saturated heterocycles. The Bertz CT molecular complexity index is 639. The number of nitrogens with one attached hydrogen (secondary N) is 2. The number of rotatable bonds is 6. The van der Waals surface area contributed by atoms with E-state index in [9.17, 15) is 8.78 Å². The Kier molecular flexibility index (Phi) is 6.54. The number of hydrogen-bond acceptors (Lipinski definition) is 1. The SMILES string of the molecule is CN=C(NCCCc1cccc(F)c1)NCc1ccc(F)cc1. The van der Waals surface area contributed by atoms with Gasteiger partial charge in [-0.3, -0.25) is 4.99 Å². The number of benzene rings is 2. The van der Waals surface area contributed by atoms with Gasteiger partial charge in [0.25, 0.3) is 0 Å². The number of guanidine groups is 1. The Morgan fingerprint density at radius 3 is 2.43 bits per heavy atom. The van der Waals surface area contributed by atoms with Crippen LogP contribution in [-0.2, 0) is 13.0 Å². The van der Waals surface area contributed by atoms with Crippen molar-refractivity contribution in [2.75, 3.05) is 13.6 Å². The van der Waals surface area contributed by atoms with Gasteiger partial charge in [-0.15, -0.1) is 0 Å². The van der Waals surface area contributed by atoms with Gasteiger partial charge in [0.2, 0.25) is 0 Å². The Balaban J connectivity index is 1.69. The number of halogens is 2. The summed E-state index contributed by atoms with van der Waals surface area (Å²) in [4.78, 5) is 4.14. The quantitative estimate of drug-likeness (QED) is 0.487. The highest BCUT2D eigenvalue weighted by Crippen LogP contribution is 2.05. The molecule has 0 fully saturated rings. The largest absolute Gasteiger partial charge is 0.356 e. The highest BCUT2D eigenvalue weighted by atomic mass is 19.1. The topological polar surface area (TPSA) is 36.4 Å². The van der Waals surface area contributed by atoms with Crippen LogP contribution in [0.1, 0.15) is 17.5 Å². The molecule has 0 aliphatic heterocycles. The molecule has 23 heavy (non-hydrogen) atoms. The summed E-state index contributed by atoms with van der Waals surface area (Å²) >= 11 is 0. The maximum Gasteiger partial charge on any atom is 0.191 e. The van der Waals surface area contributed by atoms with Crippen LogP contribution in [-0.4, -0.2) is 19.6 Å². The molecule has 0 saturated carbocycles. The first-order valence-corrected chi connectivity index (χ1v) is 7.61. The van der Waals surface area contributed by atoms with Gasteiger partial charge in [0.15, 0.2) is 5.96 Å². The van der Waals surface area contributed by atoms with Gasteiger partial charge in [-0.2, -0.15) is 0 Å². The van der Waals surface area contributed by atoms with E-state index in [1.54, 1.807) is 31.3 Å². The van der Waals surface area contributed by atoms with E-state index in [1.807, 2.05) is 6.07 Å². The normalized spacial score (nSPS) is 11.3. The van der Waals surface area contributed by atoms with Crippen molar-refractivity contribution in [3.05, 3.63) is 71.3 Å². The molecular formula is C18H21F2N3.